The maximum Gasteiger partial charge on any atom is 0.107 e. The number of nitrogens with one attached hydrogen (secondary N) is 1. The fourth-order valence-electron chi connectivity index (χ4n) is 1.30. The first kappa shape index (κ1) is 14.0. The number of aryl methyl sites for hydroxylation is 1. The molecule has 1 N–H and O–H groups in total. The van der Waals surface area contributed by atoms with E-state index in [0.29, 0.717) is 0 Å². The van der Waals surface area contributed by atoms with Crippen LogP contribution in [-0.4, -0.2) is 23.0 Å². The lowest BCUT2D eigenvalue weighted by Crippen LogP contribution is -2.15. The monoisotopic (exact) mass is 258 g/mol. The van der Waals surface area contributed by atoms with Crippen LogP contribution in [0.1, 0.15) is 31.0 Å². The zero-order valence-corrected chi connectivity index (χ0v) is 12.1. The van der Waals surface area contributed by atoms with E-state index in [1.807, 2.05) is 6.92 Å². The molecule has 1 aromatic rings. The first-order valence-corrected chi connectivity index (χ1v) is 7.91. The second-order valence-corrected chi connectivity index (χ2v) is 6.47. The summed E-state index contributed by atoms with van der Waals surface area (Å²) in [6, 6.07) is 0. The molecular formula is C12H22N2S2. The van der Waals surface area contributed by atoms with E-state index in [1.165, 1.54) is 22.9 Å². The molecule has 2 nitrogen and oxygen atoms in total. The first-order valence-electron chi connectivity index (χ1n) is 5.88. The lowest BCUT2D eigenvalue weighted by molar-refractivity contribution is 0.674. The van der Waals surface area contributed by atoms with Gasteiger partial charge in [-0.15, -0.1) is 11.3 Å². The van der Waals surface area contributed by atoms with E-state index >= 15 is 0 Å². The van der Waals surface area contributed by atoms with Crippen LogP contribution in [-0.2, 0) is 6.54 Å². The van der Waals surface area contributed by atoms with Gasteiger partial charge in [0.15, 0.2) is 0 Å². The summed E-state index contributed by atoms with van der Waals surface area (Å²) in [7, 11) is 0. The molecule has 0 aliphatic carbocycles. The van der Waals surface area contributed by atoms with Crippen molar-refractivity contribution in [2.75, 3.05) is 18.1 Å². The van der Waals surface area contributed by atoms with Crippen LogP contribution in [0.4, 0.5) is 0 Å². The van der Waals surface area contributed by atoms with Gasteiger partial charge in [-0.3, -0.25) is 0 Å². The normalized spacial score (nSPS) is 11.2. The van der Waals surface area contributed by atoms with Gasteiger partial charge >= 0.3 is 0 Å². The van der Waals surface area contributed by atoms with Crippen LogP contribution in [0.2, 0.25) is 0 Å². The number of hydrogen-bond acceptors (Lipinski definition) is 4. The molecule has 0 atom stereocenters. The van der Waals surface area contributed by atoms with E-state index in [4.69, 9.17) is 0 Å². The van der Waals surface area contributed by atoms with Gasteiger partial charge < -0.3 is 5.32 Å². The summed E-state index contributed by atoms with van der Waals surface area (Å²) in [5.74, 6) is 3.37. The topological polar surface area (TPSA) is 24.9 Å². The third-order valence-corrected chi connectivity index (χ3v) is 4.48. The van der Waals surface area contributed by atoms with Crippen molar-refractivity contribution in [2.45, 2.75) is 33.7 Å². The summed E-state index contributed by atoms with van der Waals surface area (Å²) in [5.41, 5.74) is 1.13. The average Bonchev–Trinajstić information content (AvgIpc) is 2.62. The summed E-state index contributed by atoms with van der Waals surface area (Å²) in [6.07, 6.45) is 1.25. The Bertz CT molecular complexity index is 284. The van der Waals surface area contributed by atoms with E-state index in [0.717, 1.165) is 24.7 Å². The number of aromatic nitrogens is 1. The van der Waals surface area contributed by atoms with Crippen molar-refractivity contribution in [3.63, 3.8) is 0 Å². The van der Waals surface area contributed by atoms with Crippen molar-refractivity contribution in [3.8, 4) is 0 Å². The van der Waals surface area contributed by atoms with E-state index in [1.54, 1.807) is 11.3 Å². The molecule has 0 aliphatic heterocycles. The summed E-state index contributed by atoms with van der Waals surface area (Å²) in [5, 5.41) is 6.75. The number of nitrogens with zero attached hydrogens (tertiary/aromatic N) is 1. The van der Waals surface area contributed by atoms with Crippen LogP contribution < -0.4 is 5.32 Å². The van der Waals surface area contributed by atoms with Crippen molar-refractivity contribution < 1.29 is 0 Å². The van der Waals surface area contributed by atoms with Gasteiger partial charge in [0.25, 0.3) is 0 Å². The van der Waals surface area contributed by atoms with Crippen LogP contribution in [0.3, 0.4) is 0 Å². The lowest BCUT2D eigenvalue weighted by Gasteiger charge is -2.05. The summed E-state index contributed by atoms with van der Waals surface area (Å²) in [4.78, 5) is 4.42. The minimum atomic E-state index is 0.816. The van der Waals surface area contributed by atoms with Crippen LogP contribution >= 0.6 is 23.1 Å². The zero-order valence-electron chi connectivity index (χ0n) is 10.5. The van der Waals surface area contributed by atoms with Gasteiger partial charge in [0.2, 0.25) is 0 Å². The average molecular weight is 258 g/mol. The number of rotatable bonds is 8. The molecule has 0 aromatic carbocycles. The van der Waals surface area contributed by atoms with Crippen LogP contribution in [0.5, 0.6) is 0 Å². The molecule has 0 unspecified atom stereocenters. The molecule has 0 saturated heterocycles. The highest BCUT2D eigenvalue weighted by molar-refractivity contribution is 7.99. The van der Waals surface area contributed by atoms with Gasteiger partial charge in [-0.2, -0.15) is 11.8 Å². The van der Waals surface area contributed by atoms with Crippen LogP contribution in [0.15, 0.2) is 5.38 Å². The predicted octanol–water partition coefficient (Wildman–Crippen LogP) is 3.32. The van der Waals surface area contributed by atoms with Gasteiger partial charge in [-0.1, -0.05) is 13.8 Å². The van der Waals surface area contributed by atoms with Crippen molar-refractivity contribution in [1.29, 1.82) is 0 Å². The Labute approximate surface area is 107 Å². The van der Waals surface area contributed by atoms with E-state index in [2.05, 4.69) is 41.3 Å². The molecule has 0 radical (unpaired) electrons. The molecule has 1 aromatic heterocycles. The summed E-state index contributed by atoms with van der Waals surface area (Å²) >= 11 is 3.80. The smallest absolute Gasteiger partial charge is 0.107 e. The molecule has 4 heteroatoms. The van der Waals surface area contributed by atoms with Gasteiger partial charge in [0.05, 0.1) is 0 Å². The maximum absolute atomic E-state index is 4.42. The second-order valence-electron chi connectivity index (χ2n) is 4.38. The Kier molecular flexibility index (Phi) is 7.08. The molecule has 0 fully saturated rings. The van der Waals surface area contributed by atoms with Crippen LogP contribution in [0, 0.1) is 12.8 Å². The second kappa shape index (κ2) is 8.09. The van der Waals surface area contributed by atoms with E-state index in [-0.39, 0.29) is 0 Å². The number of hydrogen-bond donors (Lipinski definition) is 1. The van der Waals surface area contributed by atoms with Crippen molar-refractivity contribution in [1.82, 2.24) is 10.3 Å². The quantitative estimate of drug-likeness (QED) is 0.724. The molecule has 0 spiro atoms. The number of thioether (sulfide) groups is 1. The van der Waals surface area contributed by atoms with Crippen molar-refractivity contribution in [3.05, 3.63) is 16.1 Å². The molecule has 0 aliphatic rings. The fourth-order valence-corrected chi connectivity index (χ4v) is 3.03. The highest BCUT2D eigenvalue weighted by atomic mass is 32.2. The summed E-state index contributed by atoms with van der Waals surface area (Å²) in [6.45, 7) is 8.62. The van der Waals surface area contributed by atoms with Crippen molar-refractivity contribution >= 4 is 23.1 Å². The maximum atomic E-state index is 4.42. The Morgan fingerprint density at radius 1 is 1.50 bits per heavy atom. The van der Waals surface area contributed by atoms with Crippen LogP contribution in [0.25, 0.3) is 0 Å². The zero-order chi connectivity index (χ0) is 11.8. The largest absolute Gasteiger partial charge is 0.310 e. The first-order chi connectivity index (χ1) is 7.68. The molecular weight excluding hydrogens is 236 g/mol. The molecule has 1 rings (SSSR count). The van der Waals surface area contributed by atoms with Crippen molar-refractivity contribution in [2.24, 2.45) is 5.92 Å². The molecule has 0 bridgehead atoms. The standard InChI is InChI=1S/C12H22N2S2/c1-10(2)8-15-6-4-5-13-7-12-14-11(3)9-16-12/h9-10,13H,4-8H2,1-3H3. The molecule has 0 amide bonds. The molecule has 16 heavy (non-hydrogen) atoms. The Hall–Kier alpha value is -0.0600. The van der Waals surface area contributed by atoms with E-state index < -0.39 is 0 Å². The molecule has 1 heterocycles. The molecule has 0 saturated carbocycles. The predicted molar refractivity (Wildman–Crippen MR) is 75.3 cm³/mol. The highest BCUT2D eigenvalue weighted by Gasteiger charge is 1.98. The Morgan fingerprint density at radius 2 is 2.31 bits per heavy atom. The number of thiazole rings is 1. The Morgan fingerprint density at radius 3 is 2.94 bits per heavy atom. The lowest BCUT2D eigenvalue weighted by atomic mass is 10.3. The SMILES string of the molecule is Cc1csc(CNCCCSCC(C)C)n1. The minimum Gasteiger partial charge on any atom is -0.310 e. The Balaban J connectivity index is 1.92. The molecule has 92 valence electrons. The third-order valence-electron chi connectivity index (χ3n) is 2.04. The fraction of sp³-hybridized carbons (Fsp3) is 0.750. The third kappa shape index (κ3) is 6.51. The highest BCUT2D eigenvalue weighted by Crippen LogP contribution is 2.09. The van der Waals surface area contributed by atoms with E-state index in [9.17, 15) is 0 Å². The van der Waals surface area contributed by atoms with Gasteiger partial charge in [0, 0.05) is 17.6 Å². The van der Waals surface area contributed by atoms with Gasteiger partial charge in [-0.05, 0) is 37.3 Å². The van der Waals surface area contributed by atoms with Gasteiger partial charge in [0.1, 0.15) is 5.01 Å². The summed E-state index contributed by atoms with van der Waals surface area (Å²) < 4.78 is 0. The minimum absolute atomic E-state index is 0.816. The van der Waals surface area contributed by atoms with Gasteiger partial charge in [-0.25, -0.2) is 4.98 Å².